The van der Waals surface area contributed by atoms with Crippen molar-refractivity contribution in [3.05, 3.63) is 22.4 Å². The Kier molecular flexibility index (Phi) is 4.55. The van der Waals surface area contributed by atoms with Crippen LogP contribution in [0.5, 0.6) is 0 Å². The number of rotatable bonds is 4. The lowest BCUT2D eigenvalue weighted by Gasteiger charge is -2.28. The molecule has 1 aliphatic rings. The van der Waals surface area contributed by atoms with Crippen LogP contribution in [-0.2, 0) is 9.59 Å². The Hall–Kier alpha value is -1.40. The third-order valence-corrected chi connectivity index (χ3v) is 4.28. The molecule has 0 aliphatic carbocycles. The summed E-state index contributed by atoms with van der Waals surface area (Å²) in [6, 6.07) is 2.26. The molecule has 0 radical (unpaired) electrons. The lowest BCUT2D eigenvalue weighted by atomic mass is 9.94. The molecule has 2 rings (SSSR count). The van der Waals surface area contributed by atoms with Crippen LogP contribution < -0.4 is 10.6 Å². The summed E-state index contributed by atoms with van der Waals surface area (Å²) in [5.74, 6) is -0.769. The fraction of sp³-hybridized carbons (Fsp3) is 0.538. The van der Waals surface area contributed by atoms with Crippen LogP contribution in [0.25, 0.3) is 0 Å². The third kappa shape index (κ3) is 3.54. The van der Waals surface area contributed by atoms with Gasteiger partial charge in [-0.05, 0) is 36.8 Å². The lowest BCUT2D eigenvalue weighted by Crippen LogP contribution is -2.50. The first kappa shape index (κ1) is 14.0. The molecule has 3 unspecified atom stereocenters. The van der Waals surface area contributed by atoms with Gasteiger partial charge in [0.2, 0.25) is 5.91 Å². The molecule has 0 bridgehead atoms. The maximum atomic E-state index is 12.1. The van der Waals surface area contributed by atoms with E-state index in [1.165, 1.54) is 11.3 Å². The van der Waals surface area contributed by atoms with Gasteiger partial charge in [0.25, 0.3) is 0 Å². The number of carbonyl (C=O) groups excluding carboxylic acids is 1. The molecule has 1 fully saturated rings. The van der Waals surface area contributed by atoms with E-state index in [9.17, 15) is 14.7 Å². The second kappa shape index (κ2) is 6.16. The summed E-state index contributed by atoms with van der Waals surface area (Å²) >= 11 is 1.33. The number of nitrogens with one attached hydrogen (secondary N) is 2. The minimum atomic E-state index is -1.03. The molecule has 0 saturated carbocycles. The number of carbonyl (C=O) groups is 2. The Bertz CT molecular complexity index is 447. The molecule has 5 nitrogen and oxygen atoms in total. The van der Waals surface area contributed by atoms with Gasteiger partial charge in [0.15, 0.2) is 6.04 Å². The molecule has 0 spiro atoms. The highest BCUT2D eigenvalue weighted by Crippen LogP contribution is 2.21. The summed E-state index contributed by atoms with van der Waals surface area (Å²) in [6.07, 6.45) is 1.81. The van der Waals surface area contributed by atoms with Gasteiger partial charge in [0.05, 0.1) is 6.04 Å². The highest BCUT2D eigenvalue weighted by atomic mass is 32.1. The fourth-order valence-electron chi connectivity index (χ4n) is 2.26. The molecule has 1 aromatic rings. The van der Waals surface area contributed by atoms with E-state index in [2.05, 4.69) is 17.6 Å². The van der Waals surface area contributed by atoms with Crippen molar-refractivity contribution in [2.24, 2.45) is 5.92 Å². The number of amides is 1. The van der Waals surface area contributed by atoms with Crippen molar-refractivity contribution in [2.45, 2.75) is 31.8 Å². The molecule has 0 aromatic carbocycles. The van der Waals surface area contributed by atoms with Crippen LogP contribution in [0, 0.1) is 5.92 Å². The summed E-state index contributed by atoms with van der Waals surface area (Å²) < 4.78 is 0. The summed E-state index contributed by atoms with van der Waals surface area (Å²) in [5.41, 5.74) is 0. The number of aliphatic carboxylic acids is 1. The van der Waals surface area contributed by atoms with E-state index in [0.29, 0.717) is 10.8 Å². The number of thiophene rings is 1. The Balaban J connectivity index is 2.01. The second-order valence-corrected chi connectivity index (χ2v) is 5.91. The molecule has 3 atom stereocenters. The molecule has 1 aliphatic heterocycles. The molecule has 6 heteroatoms. The summed E-state index contributed by atoms with van der Waals surface area (Å²) in [6.45, 7) is 2.91. The minimum absolute atomic E-state index is 0.229. The van der Waals surface area contributed by atoms with Crippen molar-refractivity contribution in [2.75, 3.05) is 6.54 Å². The molecular weight excluding hydrogens is 264 g/mol. The molecule has 104 valence electrons. The van der Waals surface area contributed by atoms with E-state index < -0.39 is 12.0 Å². The van der Waals surface area contributed by atoms with E-state index in [1.807, 2.05) is 0 Å². The zero-order chi connectivity index (χ0) is 13.8. The van der Waals surface area contributed by atoms with Gasteiger partial charge in [0, 0.05) is 4.88 Å². The van der Waals surface area contributed by atoms with Crippen LogP contribution in [0.1, 0.15) is 30.7 Å². The fourth-order valence-corrected chi connectivity index (χ4v) is 3.03. The van der Waals surface area contributed by atoms with Crippen LogP contribution in [0.3, 0.4) is 0 Å². The predicted molar refractivity (Wildman–Crippen MR) is 73.0 cm³/mol. The Morgan fingerprint density at radius 2 is 2.37 bits per heavy atom. The Morgan fingerprint density at radius 1 is 1.58 bits per heavy atom. The van der Waals surface area contributed by atoms with Crippen molar-refractivity contribution in [3.8, 4) is 0 Å². The SMILES string of the molecule is CC1CCNC(C(=O)NC(C(=O)O)c2cccs2)C1. The predicted octanol–water partition coefficient (Wildman–Crippen LogP) is 1.38. The minimum Gasteiger partial charge on any atom is -0.479 e. The van der Waals surface area contributed by atoms with Crippen LogP contribution in [0.2, 0.25) is 0 Å². The summed E-state index contributed by atoms with van der Waals surface area (Å²) in [7, 11) is 0. The van der Waals surface area contributed by atoms with Crippen molar-refractivity contribution >= 4 is 23.2 Å². The topological polar surface area (TPSA) is 78.4 Å². The zero-order valence-corrected chi connectivity index (χ0v) is 11.6. The molecule has 19 heavy (non-hydrogen) atoms. The summed E-state index contributed by atoms with van der Waals surface area (Å²) in [5, 5.41) is 16.8. The second-order valence-electron chi connectivity index (χ2n) is 4.93. The number of hydrogen-bond donors (Lipinski definition) is 3. The van der Waals surface area contributed by atoms with E-state index >= 15 is 0 Å². The summed E-state index contributed by atoms with van der Waals surface area (Å²) in [4.78, 5) is 24.0. The first-order valence-electron chi connectivity index (χ1n) is 6.38. The zero-order valence-electron chi connectivity index (χ0n) is 10.8. The van der Waals surface area contributed by atoms with Gasteiger partial charge in [0.1, 0.15) is 0 Å². The number of piperidine rings is 1. The molecular formula is C13H18N2O3S. The largest absolute Gasteiger partial charge is 0.479 e. The first-order chi connectivity index (χ1) is 9.08. The van der Waals surface area contributed by atoms with Crippen molar-refractivity contribution in [3.63, 3.8) is 0 Å². The Labute approximate surface area is 116 Å². The van der Waals surface area contributed by atoms with Crippen LogP contribution >= 0.6 is 11.3 Å². The number of carboxylic acid groups (broad SMARTS) is 1. The maximum absolute atomic E-state index is 12.1. The highest BCUT2D eigenvalue weighted by molar-refractivity contribution is 7.10. The van der Waals surface area contributed by atoms with Crippen molar-refractivity contribution in [1.82, 2.24) is 10.6 Å². The van der Waals surface area contributed by atoms with E-state index in [0.717, 1.165) is 19.4 Å². The van der Waals surface area contributed by atoms with Gasteiger partial charge in [-0.15, -0.1) is 11.3 Å². The molecule has 1 aromatic heterocycles. The van der Waals surface area contributed by atoms with Gasteiger partial charge in [-0.2, -0.15) is 0 Å². The average molecular weight is 282 g/mol. The van der Waals surface area contributed by atoms with Gasteiger partial charge in [-0.1, -0.05) is 13.0 Å². The number of carboxylic acids is 1. The molecule has 2 heterocycles. The number of hydrogen-bond acceptors (Lipinski definition) is 4. The van der Waals surface area contributed by atoms with Crippen LogP contribution in [-0.4, -0.2) is 29.6 Å². The van der Waals surface area contributed by atoms with E-state index in [4.69, 9.17) is 0 Å². The smallest absolute Gasteiger partial charge is 0.331 e. The average Bonchev–Trinajstić information content (AvgIpc) is 2.88. The van der Waals surface area contributed by atoms with E-state index in [-0.39, 0.29) is 11.9 Å². The van der Waals surface area contributed by atoms with Crippen molar-refractivity contribution < 1.29 is 14.7 Å². The normalized spacial score (nSPS) is 24.7. The Morgan fingerprint density at radius 3 is 2.95 bits per heavy atom. The van der Waals surface area contributed by atoms with E-state index in [1.54, 1.807) is 17.5 Å². The van der Waals surface area contributed by atoms with Gasteiger partial charge < -0.3 is 15.7 Å². The van der Waals surface area contributed by atoms with Gasteiger partial charge >= 0.3 is 5.97 Å². The molecule has 1 amide bonds. The molecule has 1 saturated heterocycles. The monoisotopic (exact) mass is 282 g/mol. The van der Waals surface area contributed by atoms with Gasteiger partial charge in [-0.3, -0.25) is 4.79 Å². The maximum Gasteiger partial charge on any atom is 0.331 e. The molecule has 3 N–H and O–H groups in total. The lowest BCUT2D eigenvalue weighted by molar-refractivity contribution is -0.142. The van der Waals surface area contributed by atoms with Crippen LogP contribution in [0.4, 0.5) is 0 Å². The third-order valence-electron chi connectivity index (χ3n) is 3.34. The first-order valence-corrected chi connectivity index (χ1v) is 7.26. The van der Waals surface area contributed by atoms with Gasteiger partial charge in [-0.25, -0.2) is 4.79 Å². The quantitative estimate of drug-likeness (QED) is 0.779. The highest BCUT2D eigenvalue weighted by Gasteiger charge is 2.29. The van der Waals surface area contributed by atoms with Crippen molar-refractivity contribution in [1.29, 1.82) is 0 Å². The standard InChI is InChI=1S/C13H18N2O3S/c1-8-4-5-14-9(7-8)12(16)15-11(13(17)18)10-3-2-6-19-10/h2-3,6,8-9,11,14H,4-5,7H2,1H3,(H,15,16)(H,17,18). The van der Waals surface area contributed by atoms with Crippen LogP contribution in [0.15, 0.2) is 17.5 Å².